The largest absolute Gasteiger partial charge is 0.382 e. The summed E-state index contributed by atoms with van der Waals surface area (Å²) < 4.78 is 29.4. The third-order valence-electron chi connectivity index (χ3n) is 7.09. The number of nitrogens with two attached hydrogens (primary N) is 2. The molecule has 0 radical (unpaired) electrons. The van der Waals surface area contributed by atoms with Crippen LogP contribution in [0.1, 0.15) is 43.2 Å². The van der Waals surface area contributed by atoms with Crippen LogP contribution < -0.4 is 22.1 Å². The van der Waals surface area contributed by atoms with E-state index < -0.39 is 5.91 Å². The summed E-state index contributed by atoms with van der Waals surface area (Å²) in [5, 5.41) is 13.7. The molecule has 18 heteroatoms. The van der Waals surface area contributed by atoms with Gasteiger partial charge in [-0.15, -0.1) is 24.8 Å². The second kappa shape index (κ2) is 15.4. The highest BCUT2D eigenvalue weighted by molar-refractivity contribution is 6.05. The lowest BCUT2D eigenvalue weighted by Crippen LogP contribution is -2.24. The third-order valence-corrected chi connectivity index (χ3v) is 7.09. The van der Waals surface area contributed by atoms with Gasteiger partial charge in [0.25, 0.3) is 11.8 Å². The molecule has 0 atom stereocenters. The molecule has 4 aromatic heterocycles. The van der Waals surface area contributed by atoms with E-state index in [-0.39, 0.29) is 72.7 Å². The summed E-state index contributed by atoms with van der Waals surface area (Å²) in [7, 11) is 3.34. The molecule has 6 aromatic rings. The van der Waals surface area contributed by atoms with Crippen molar-refractivity contribution in [1.82, 2.24) is 50.1 Å². The van der Waals surface area contributed by atoms with Crippen LogP contribution in [0, 0.1) is 25.5 Å². The molecule has 14 nitrogen and oxygen atoms in total. The SMILES string of the molecule is Cc1cc(CNC(=O)c2ncnc3c(N)n(C)nc23)ccc1F.Cc1cc(CNC(=O)c2ncnc3c(N)nn(C)c23)ccc1F.Cl.Cl. The summed E-state index contributed by atoms with van der Waals surface area (Å²) in [4.78, 5) is 40.8. The molecule has 2 amide bonds. The Morgan fingerprint density at radius 1 is 0.708 bits per heavy atom. The predicted octanol–water partition coefficient (Wildman–Crippen LogP) is 3.49. The number of hydrogen-bond acceptors (Lipinski definition) is 10. The van der Waals surface area contributed by atoms with Crippen LogP contribution >= 0.6 is 24.8 Å². The molecule has 0 saturated heterocycles. The minimum Gasteiger partial charge on any atom is -0.382 e. The van der Waals surface area contributed by atoms with E-state index in [4.69, 9.17) is 11.5 Å². The minimum absolute atomic E-state index is 0. The number of nitrogens with zero attached hydrogens (tertiary/aromatic N) is 8. The Morgan fingerprint density at radius 2 is 1.21 bits per heavy atom. The summed E-state index contributed by atoms with van der Waals surface area (Å²) in [5.41, 5.74) is 16.3. The maximum absolute atomic E-state index is 13.3. The number of nitrogen functional groups attached to an aromatic ring is 2. The highest BCUT2D eigenvalue weighted by Crippen LogP contribution is 2.20. The van der Waals surface area contributed by atoms with E-state index in [9.17, 15) is 18.4 Å². The quantitative estimate of drug-likeness (QED) is 0.200. The van der Waals surface area contributed by atoms with E-state index in [0.29, 0.717) is 39.0 Å². The van der Waals surface area contributed by atoms with E-state index in [1.165, 1.54) is 34.2 Å². The van der Waals surface area contributed by atoms with Crippen LogP contribution in [0.25, 0.3) is 22.1 Å². The third kappa shape index (κ3) is 7.72. The van der Waals surface area contributed by atoms with Gasteiger partial charge < -0.3 is 22.1 Å². The van der Waals surface area contributed by atoms with Crippen LogP contribution in [-0.4, -0.2) is 51.3 Å². The van der Waals surface area contributed by atoms with Crippen LogP contribution in [0.4, 0.5) is 20.4 Å². The van der Waals surface area contributed by atoms with Gasteiger partial charge in [0.1, 0.15) is 52.2 Å². The Bertz CT molecular complexity index is 2110. The van der Waals surface area contributed by atoms with Gasteiger partial charge in [0, 0.05) is 27.2 Å². The number of nitrogens with one attached hydrogen (secondary N) is 2. The predicted molar refractivity (Wildman–Crippen MR) is 181 cm³/mol. The summed E-state index contributed by atoms with van der Waals surface area (Å²) in [6, 6.07) is 9.37. The molecule has 2 aromatic carbocycles. The average Bonchev–Trinajstić information content (AvgIpc) is 3.51. The van der Waals surface area contributed by atoms with Crippen molar-refractivity contribution in [2.75, 3.05) is 11.5 Å². The number of hydrogen-bond donors (Lipinski definition) is 4. The van der Waals surface area contributed by atoms with Crippen molar-refractivity contribution in [2.45, 2.75) is 26.9 Å². The van der Waals surface area contributed by atoms with Gasteiger partial charge >= 0.3 is 0 Å². The molecule has 0 unspecified atom stereocenters. The smallest absolute Gasteiger partial charge is 0.272 e. The van der Waals surface area contributed by atoms with Crippen LogP contribution in [0.15, 0.2) is 49.1 Å². The molecule has 0 aliphatic heterocycles. The van der Waals surface area contributed by atoms with Crippen LogP contribution in [0.2, 0.25) is 0 Å². The lowest BCUT2D eigenvalue weighted by molar-refractivity contribution is 0.0939. The minimum atomic E-state index is -0.391. The zero-order chi connectivity index (χ0) is 33.1. The van der Waals surface area contributed by atoms with Gasteiger partial charge in [-0.2, -0.15) is 10.2 Å². The van der Waals surface area contributed by atoms with Gasteiger partial charge in [0.05, 0.1) is 0 Å². The molecule has 0 fully saturated rings. The fourth-order valence-electron chi connectivity index (χ4n) is 4.65. The molecule has 0 saturated carbocycles. The number of amides is 2. The Morgan fingerprint density at radius 3 is 1.75 bits per heavy atom. The van der Waals surface area contributed by atoms with Crippen molar-refractivity contribution < 1.29 is 18.4 Å². The van der Waals surface area contributed by atoms with Crippen molar-refractivity contribution in [3.05, 3.63) is 94.3 Å². The highest BCUT2D eigenvalue weighted by atomic mass is 35.5. The van der Waals surface area contributed by atoms with E-state index in [1.54, 1.807) is 52.2 Å². The molecular weight excluding hydrogens is 669 g/mol. The van der Waals surface area contributed by atoms with Crippen molar-refractivity contribution in [2.24, 2.45) is 14.1 Å². The summed E-state index contributed by atoms with van der Waals surface area (Å²) in [6.07, 6.45) is 2.55. The Hall–Kier alpha value is -5.48. The first kappa shape index (κ1) is 37.0. The molecule has 0 aliphatic rings. The molecule has 6 rings (SSSR count). The number of aryl methyl sites for hydroxylation is 4. The number of fused-ring (bicyclic) bond motifs is 2. The number of halogens is 4. The number of aromatic nitrogens is 8. The summed E-state index contributed by atoms with van der Waals surface area (Å²) in [6.45, 7) is 3.87. The van der Waals surface area contributed by atoms with Crippen molar-refractivity contribution in [1.29, 1.82) is 0 Å². The van der Waals surface area contributed by atoms with E-state index >= 15 is 0 Å². The van der Waals surface area contributed by atoms with E-state index in [1.807, 2.05) is 0 Å². The Kier molecular flexibility index (Phi) is 11.9. The lowest BCUT2D eigenvalue weighted by Gasteiger charge is -2.07. The molecule has 4 heterocycles. The zero-order valence-corrected chi connectivity index (χ0v) is 27.8. The first-order valence-corrected chi connectivity index (χ1v) is 13.9. The lowest BCUT2D eigenvalue weighted by atomic mass is 10.1. The summed E-state index contributed by atoms with van der Waals surface area (Å²) in [5.74, 6) is -0.705. The fourth-order valence-corrected chi connectivity index (χ4v) is 4.65. The van der Waals surface area contributed by atoms with Crippen LogP contribution in [-0.2, 0) is 27.2 Å². The number of benzene rings is 2. The van der Waals surface area contributed by atoms with Gasteiger partial charge in [-0.05, 0) is 48.2 Å². The van der Waals surface area contributed by atoms with Crippen LogP contribution in [0.3, 0.4) is 0 Å². The number of rotatable bonds is 6. The highest BCUT2D eigenvalue weighted by Gasteiger charge is 2.19. The second-order valence-electron chi connectivity index (χ2n) is 10.4. The number of carbonyl (C=O) groups is 2. The zero-order valence-electron chi connectivity index (χ0n) is 26.2. The topological polar surface area (TPSA) is 197 Å². The van der Waals surface area contributed by atoms with E-state index in [2.05, 4.69) is 40.8 Å². The van der Waals surface area contributed by atoms with Crippen molar-refractivity contribution >= 4 is 70.3 Å². The van der Waals surface area contributed by atoms with Gasteiger partial charge in [0.15, 0.2) is 17.2 Å². The second-order valence-corrected chi connectivity index (χ2v) is 10.4. The van der Waals surface area contributed by atoms with Gasteiger partial charge in [-0.1, -0.05) is 24.3 Å². The average molecular weight is 702 g/mol. The standard InChI is InChI=1S/2C15H15FN6O.2ClH/c1-8-5-9(3-4-10(8)16)6-18-15(23)12-13-11(19-7-20-12)14(17)21-22(13)2;1-8-5-9(3-4-10(8)16)6-18-15(23)13-11-12(19-7-20-13)14(17)22(2)21-11;;/h3-5,7H,6H2,1-2H3,(H2,17,21)(H,18,23);3-5,7H,6,17H2,1-2H3,(H,18,23);2*1H. The van der Waals surface area contributed by atoms with Gasteiger partial charge in [-0.3, -0.25) is 19.0 Å². The number of anilines is 2. The maximum atomic E-state index is 13.3. The molecule has 6 N–H and O–H groups in total. The molecule has 0 aliphatic carbocycles. The molecular formula is C30H32Cl2F2N12O2. The van der Waals surface area contributed by atoms with Gasteiger partial charge in [-0.25, -0.2) is 28.7 Å². The molecule has 0 bridgehead atoms. The monoisotopic (exact) mass is 700 g/mol. The van der Waals surface area contributed by atoms with Crippen molar-refractivity contribution in [3.63, 3.8) is 0 Å². The van der Waals surface area contributed by atoms with Crippen molar-refractivity contribution in [3.8, 4) is 0 Å². The van der Waals surface area contributed by atoms with Crippen LogP contribution in [0.5, 0.6) is 0 Å². The normalized spacial score (nSPS) is 10.5. The Labute approximate surface area is 285 Å². The summed E-state index contributed by atoms with van der Waals surface area (Å²) >= 11 is 0. The number of carbonyl (C=O) groups excluding carboxylic acids is 2. The molecule has 0 spiro atoms. The van der Waals surface area contributed by atoms with E-state index in [0.717, 1.165) is 11.1 Å². The molecule has 252 valence electrons. The maximum Gasteiger partial charge on any atom is 0.272 e. The fraction of sp³-hybridized carbons (Fsp3) is 0.200. The first-order chi connectivity index (χ1) is 21.9. The first-order valence-electron chi connectivity index (χ1n) is 13.9. The Balaban J connectivity index is 0.000000250. The van der Waals surface area contributed by atoms with Gasteiger partial charge in [0.2, 0.25) is 0 Å². The molecule has 48 heavy (non-hydrogen) atoms.